The topological polar surface area (TPSA) is 69.1 Å². The molecular formula is C18H29N2O4+. The normalized spacial score (nSPS) is 11.7. The molecule has 0 aliphatic heterocycles. The SMILES string of the molecule is CCOC(=O)NC(=O)C[NH+](CC)CCCOc1cc(C)ccc1C. The lowest BCUT2D eigenvalue weighted by Gasteiger charge is -2.17. The molecule has 6 heteroatoms. The number of imide groups is 1. The molecule has 0 fully saturated rings. The van der Waals surface area contributed by atoms with Gasteiger partial charge in [-0.3, -0.25) is 10.1 Å². The zero-order valence-electron chi connectivity index (χ0n) is 15.1. The first-order valence-electron chi connectivity index (χ1n) is 8.46. The molecule has 1 aromatic carbocycles. The number of rotatable bonds is 9. The number of likely N-dealkylation sites (N-methyl/N-ethyl adjacent to an activating group) is 1. The second-order valence-electron chi connectivity index (χ2n) is 5.77. The minimum atomic E-state index is -0.684. The number of amides is 2. The lowest BCUT2D eigenvalue weighted by atomic mass is 10.1. The minimum Gasteiger partial charge on any atom is -0.493 e. The van der Waals surface area contributed by atoms with Crippen LogP contribution in [-0.2, 0) is 9.53 Å². The van der Waals surface area contributed by atoms with Crippen LogP contribution in [0.2, 0.25) is 0 Å². The summed E-state index contributed by atoms with van der Waals surface area (Å²) in [4.78, 5) is 24.1. The summed E-state index contributed by atoms with van der Waals surface area (Å²) >= 11 is 0. The van der Waals surface area contributed by atoms with E-state index in [-0.39, 0.29) is 19.1 Å². The highest BCUT2D eigenvalue weighted by molar-refractivity contribution is 5.92. The number of carbonyl (C=O) groups is 2. The van der Waals surface area contributed by atoms with Crippen molar-refractivity contribution in [3.05, 3.63) is 29.3 Å². The molecule has 134 valence electrons. The third kappa shape index (κ3) is 7.46. The van der Waals surface area contributed by atoms with E-state index in [9.17, 15) is 9.59 Å². The van der Waals surface area contributed by atoms with Crippen molar-refractivity contribution in [3.8, 4) is 5.75 Å². The molecule has 0 heterocycles. The number of hydrogen-bond donors (Lipinski definition) is 2. The molecule has 1 rings (SSSR count). The van der Waals surface area contributed by atoms with Crippen molar-refractivity contribution >= 4 is 12.0 Å². The van der Waals surface area contributed by atoms with Crippen LogP contribution in [0.3, 0.4) is 0 Å². The summed E-state index contributed by atoms with van der Waals surface area (Å²) in [5, 5.41) is 2.22. The summed E-state index contributed by atoms with van der Waals surface area (Å²) in [6.07, 6.45) is 0.152. The molecule has 0 saturated carbocycles. The van der Waals surface area contributed by atoms with Crippen LogP contribution in [0.4, 0.5) is 4.79 Å². The van der Waals surface area contributed by atoms with Crippen molar-refractivity contribution < 1.29 is 24.0 Å². The maximum Gasteiger partial charge on any atom is 0.414 e. The van der Waals surface area contributed by atoms with Gasteiger partial charge >= 0.3 is 6.09 Å². The fourth-order valence-corrected chi connectivity index (χ4v) is 2.31. The smallest absolute Gasteiger partial charge is 0.414 e. The van der Waals surface area contributed by atoms with Gasteiger partial charge in [-0.2, -0.15) is 0 Å². The van der Waals surface area contributed by atoms with Crippen LogP contribution in [0.25, 0.3) is 0 Å². The van der Waals surface area contributed by atoms with Crippen molar-refractivity contribution in [1.82, 2.24) is 5.32 Å². The Bertz CT molecular complexity index is 546. The van der Waals surface area contributed by atoms with E-state index in [1.807, 2.05) is 32.9 Å². The molecule has 0 radical (unpaired) electrons. The molecule has 1 atom stereocenters. The van der Waals surface area contributed by atoms with Crippen molar-refractivity contribution in [2.45, 2.75) is 34.1 Å². The Labute approximate surface area is 144 Å². The fourth-order valence-electron chi connectivity index (χ4n) is 2.31. The number of alkyl carbamates (subject to hydrolysis) is 1. The van der Waals surface area contributed by atoms with Crippen molar-refractivity contribution in [2.24, 2.45) is 0 Å². The van der Waals surface area contributed by atoms with Crippen LogP contribution in [0, 0.1) is 13.8 Å². The molecule has 1 aromatic rings. The Morgan fingerprint density at radius 1 is 1.21 bits per heavy atom. The molecule has 0 aromatic heterocycles. The first-order chi connectivity index (χ1) is 11.5. The first-order valence-corrected chi connectivity index (χ1v) is 8.46. The number of aryl methyl sites for hydroxylation is 2. The zero-order chi connectivity index (χ0) is 17.9. The Morgan fingerprint density at radius 2 is 1.96 bits per heavy atom. The van der Waals surface area contributed by atoms with Crippen molar-refractivity contribution in [1.29, 1.82) is 0 Å². The number of quaternary nitrogens is 1. The number of nitrogens with one attached hydrogen (secondary N) is 2. The molecule has 0 aliphatic rings. The van der Waals surface area contributed by atoms with Crippen LogP contribution in [0.1, 0.15) is 31.4 Å². The van der Waals surface area contributed by atoms with Gasteiger partial charge in [0.05, 0.1) is 26.3 Å². The Kier molecular flexibility index (Phi) is 8.86. The molecule has 24 heavy (non-hydrogen) atoms. The number of carbonyl (C=O) groups excluding carboxylic acids is 2. The summed E-state index contributed by atoms with van der Waals surface area (Å²) in [5.74, 6) is 0.592. The molecule has 0 spiro atoms. The van der Waals surface area contributed by atoms with Crippen molar-refractivity contribution in [2.75, 3.05) is 32.8 Å². The van der Waals surface area contributed by atoms with E-state index in [0.29, 0.717) is 6.61 Å². The average molecular weight is 337 g/mol. The maximum absolute atomic E-state index is 11.8. The van der Waals surface area contributed by atoms with Crippen LogP contribution >= 0.6 is 0 Å². The van der Waals surface area contributed by atoms with Crippen LogP contribution < -0.4 is 15.0 Å². The summed E-state index contributed by atoms with van der Waals surface area (Å²) in [6.45, 7) is 10.5. The van der Waals surface area contributed by atoms with E-state index in [0.717, 1.165) is 35.7 Å². The van der Waals surface area contributed by atoms with Gasteiger partial charge in [-0.05, 0) is 44.9 Å². The Morgan fingerprint density at radius 3 is 2.62 bits per heavy atom. The first kappa shape index (κ1) is 20.0. The molecule has 2 amide bonds. The van der Waals surface area contributed by atoms with E-state index in [1.54, 1.807) is 6.92 Å². The van der Waals surface area contributed by atoms with Gasteiger partial charge in [0.2, 0.25) is 0 Å². The maximum atomic E-state index is 11.8. The number of benzene rings is 1. The summed E-state index contributed by atoms with van der Waals surface area (Å²) in [6, 6.07) is 6.15. The van der Waals surface area contributed by atoms with E-state index < -0.39 is 6.09 Å². The molecule has 0 bridgehead atoms. The summed E-state index contributed by atoms with van der Waals surface area (Å²) < 4.78 is 10.5. The van der Waals surface area contributed by atoms with Crippen LogP contribution in [0.15, 0.2) is 18.2 Å². The predicted molar refractivity (Wildman–Crippen MR) is 92.4 cm³/mol. The van der Waals surface area contributed by atoms with Crippen LogP contribution in [0.5, 0.6) is 5.75 Å². The highest BCUT2D eigenvalue weighted by Crippen LogP contribution is 2.18. The second-order valence-corrected chi connectivity index (χ2v) is 5.77. The number of ether oxygens (including phenoxy) is 2. The van der Waals surface area contributed by atoms with Gasteiger partial charge in [0.25, 0.3) is 5.91 Å². The van der Waals surface area contributed by atoms with E-state index in [2.05, 4.69) is 11.4 Å². The van der Waals surface area contributed by atoms with Crippen molar-refractivity contribution in [3.63, 3.8) is 0 Å². The van der Waals surface area contributed by atoms with E-state index in [1.165, 1.54) is 5.56 Å². The minimum absolute atomic E-state index is 0.249. The fraction of sp³-hybridized carbons (Fsp3) is 0.556. The van der Waals surface area contributed by atoms with Crippen LogP contribution in [-0.4, -0.2) is 44.8 Å². The van der Waals surface area contributed by atoms with Gasteiger partial charge in [-0.1, -0.05) is 12.1 Å². The zero-order valence-corrected chi connectivity index (χ0v) is 15.1. The van der Waals surface area contributed by atoms with Gasteiger partial charge in [-0.15, -0.1) is 0 Å². The third-order valence-corrected chi connectivity index (χ3v) is 3.70. The van der Waals surface area contributed by atoms with E-state index >= 15 is 0 Å². The standard InChI is InChI=1S/C18H28N2O4/c1-5-20(13-17(21)19-18(22)23-6-2)10-7-11-24-16-12-14(3)8-9-15(16)4/h8-9,12H,5-7,10-11,13H2,1-4H3,(H,19,21,22)/p+1. The van der Waals surface area contributed by atoms with Gasteiger partial charge < -0.3 is 14.4 Å². The second kappa shape index (κ2) is 10.6. The molecule has 0 saturated heterocycles. The summed E-state index contributed by atoms with van der Waals surface area (Å²) in [7, 11) is 0. The van der Waals surface area contributed by atoms with Gasteiger partial charge in [0.15, 0.2) is 6.54 Å². The number of hydrogen-bond acceptors (Lipinski definition) is 4. The molecular weight excluding hydrogens is 308 g/mol. The molecule has 0 aliphatic carbocycles. The van der Waals surface area contributed by atoms with E-state index in [4.69, 9.17) is 9.47 Å². The molecule has 1 unspecified atom stereocenters. The van der Waals surface area contributed by atoms with Gasteiger partial charge in [0, 0.05) is 6.42 Å². The lowest BCUT2D eigenvalue weighted by Crippen LogP contribution is -3.13. The quantitative estimate of drug-likeness (QED) is 0.666. The van der Waals surface area contributed by atoms with Gasteiger partial charge in [0.1, 0.15) is 5.75 Å². The average Bonchev–Trinajstić information content (AvgIpc) is 2.53. The largest absolute Gasteiger partial charge is 0.493 e. The van der Waals surface area contributed by atoms with Gasteiger partial charge in [-0.25, -0.2) is 4.79 Å². The molecule has 2 N–H and O–H groups in total. The molecule has 6 nitrogen and oxygen atoms in total. The predicted octanol–water partition coefficient (Wildman–Crippen LogP) is 1.25. The Hall–Kier alpha value is -2.08. The highest BCUT2D eigenvalue weighted by Gasteiger charge is 2.15. The monoisotopic (exact) mass is 337 g/mol. The highest BCUT2D eigenvalue weighted by atomic mass is 16.5. The lowest BCUT2D eigenvalue weighted by molar-refractivity contribution is -0.890. The summed E-state index contributed by atoms with van der Waals surface area (Å²) in [5.41, 5.74) is 2.29. The third-order valence-electron chi connectivity index (χ3n) is 3.70. The Balaban J connectivity index is 2.32.